The summed E-state index contributed by atoms with van der Waals surface area (Å²) in [5, 5.41) is 3.61. The van der Waals surface area contributed by atoms with Crippen molar-refractivity contribution in [3.63, 3.8) is 0 Å². The van der Waals surface area contributed by atoms with Crippen LogP contribution in [0.15, 0.2) is 0 Å². The average Bonchev–Trinajstić information content (AvgIpc) is 2.69. The minimum atomic E-state index is -0.0529. The van der Waals surface area contributed by atoms with E-state index < -0.39 is 0 Å². The fourth-order valence-electron chi connectivity index (χ4n) is 2.43. The van der Waals surface area contributed by atoms with Gasteiger partial charge in [0.2, 0.25) is 0 Å². The van der Waals surface area contributed by atoms with Crippen LogP contribution in [0.25, 0.3) is 0 Å². The van der Waals surface area contributed by atoms with E-state index in [0.717, 1.165) is 13.0 Å². The van der Waals surface area contributed by atoms with E-state index >= 15 is 0 Å². The number of nitrogens with one attached hydrogen (secondary N) is 1. The summed E-state index contributed by atoms with van der Waals surface area (Å²) in [5.74, 6) is 0. The highest BCUT2D eigenvalue weighted by Crippen LogP contribution is 2.19. The van der Waals surface area contributed by atoms with Crippen LogP contribution in [0.2, 0.25) is 0 Å². The summed E-state index contributed by atoms with van der Waals surface area (Å²) in [6, 6.07) is 0.888. The monoisotopic (exact) mass is 229 g/mol. The third-order valence-electron chi connectivity index (χ3n) is 3.42. The Labute approximate surface area is 99.9 Å². The van der Waals surface area contributed by atoms with Crippen molar-refractivity contribution in [2.45, 2.75) is 70.7 Å². The van der Waals surface area contributed by atoms with Gasteiger partial charge < -0.3 is 14.8 Å². The molecule has 0 spiro atoms. The summed E-state index contributed by atoms with van der Waals surface area (Å²) in [7, 11) is 1.77. The van der Waals surface area contributed by atoms with Crippen molar-refractivity contribution < 1.29 is 9.47 Å². The molecular formula is C13H27NO2. The molecule has 1 aliphatic rings. The standard InChI is InChI=1S/C13H27NO2/c1-10(9-13(3,4)15-5)14-11(2)12-7-6-8-16-12/h10-12,14H,6-9H2,1-5H3. The van der Waals surface area contributed by atoms with Gasteiger partial charge in [-0.25, -0.2) is 0 Å². The van der Waals surface area contributed by atoms with Gasteiger partial charge in [-0.05, 0) is 47.0 Å². The minimum Gasteiger partial charge on any atom is -0.379 e. The van der Waals surface area contributed by atoms with Crippen molar-refractivity contribution >= 4 is 0 Å². The van der Waals surface area contributed by atoms with Gasteiger partial charge in [0.15, 0.2) is 0 Å². The van der Waals surface area contributed by atoms with E-state index in [1.54, 1.807) is 7.11 Å². The number of hydrogen-bond donors (Lipinski definition) is 1. The van der Waals surface area contributed by atoms with Gasteiger partial charge in [0, 0.05) is 25.8 Å². The Morgan fingerprint density at radius 1 is 1.44 bits per heavy atom. The Kier molecular flexibility index (Phi) is 5.22. The van der Waals surface area contributed by atoms with Crippen LogP contribution in [0.5, 0.6) is 0 Å². The van der Waals surface area contributed by atoms with Crippen molar-refractivity contribution in [1.29, 1.82) is 0 Å². The molecule has 3 nitrogen and oxygen atoms in total. The molecule has 0 aliphatic carbocycles. The molecule has 1 heterocycles. The zero-order valence-corrected chi connectivity index (χ0v) is 11.4. The van der Waals surface area contributed by atoms with Gasteiger partial charge in [-0.15, -0.1) is 0 Å². The van der Waals surface area contributed by atoms with Gasteiger partial charge >= 0.3 is 0 Å². The molecule has 0 aromatic rings. The van der Waals surface area contributed by atoms with E-state index in [2.05, 4.69) is 33.0 Å². The van der Waals surface area contributed by atoms with E-state index in [1.165, 1.54) is 12.8 Å². The molecule has 3 heteroatoms. The van der Waals surface area contributed by atoms with Crippen molar-refractivity contribution in [2.24, 2.45) is 0 Å². The van der Waals surface area contributed by atoms with Gasteiger partial charge in [-0.1, -0.05) is 0 Å². The molecule has 16 heavy (non-hydrogen) atoms. The van der Waals surface area contributed by atoms with Crippen LogP contribution in [0.3, 0.4) is 0 Å². The van der Waals surface area contributed by atoms with Crippen LogP contribution < -0.4 is 5.32 Å². The van der Waals surface area contributed by atoms with Crippen molar-refractivity contribution in [3.8, 4) is 0 Å². The summed E-state index contributed by atoms with van der Waals surface area (Å²) < 4.78 is 11.1. The molecule has 0 amide bonds. The van der Waals surface area contributed by atoms with Gasteiger partial charge in [0.1, 0.15) is 0 Å². The fourth-order valence-corrected chi connectivity index (χ4v) is 2.43. The normalized spacial score (nSPS) is 25.7. The third-order valence-corrected chi connectivity index (χ3v) is 3.42. The first-order valence-electron chi connectivity index (χ1n) is 6.37. The van der Waals surface area contributed by atoms with Crippen LogP contribution in [-0.2, 0) is 9.47 Å². The summed E-state index contributed by atoms with van der Waals surface area (Å²) in [6.07, 6.45) is 3.80. The van der Waals surface area contributed by atoms with E-state index in [4.69, 9.17) is 9.47 Å². The topological polar surface area (TPSA) is 30.5 Å². The highest BCUT2D eigenvalue weighted by atomic mass is 16.5. The lowest BCUT2D eigenvalue weighted by Crippen LogP contribution is -2.45. The Hall–Kier alpha value is -0.120. The number of ether oxygens (including phenoxy) is 2. The second-order valence-electron chi connectivity index (χ2n) is 5.58. The molecule has 0 saturated carbocycles. The predicted molar refractivity (Wildman–Crippen MR) is 66.7 cm³/mol. The van der Waals surface area contributed by atoms with Crippen LogP contribution in [0, 0.1) is 0 Å². The molecule has 0 bridgehead atoms. The SMILES string of the molecule is COC(C)(C)CC(C)NC(C)C1CCCO1. The maximum Gasteiger partial charge on any atom is 0.0726 e. The first-order valence-corrected chi connectivity index (χ1v) is 6.37. The van der Waals surface area contributed by atoms with E-state index in [0.29, 0.717) is 18.2 Å². The molecule has 1 saturated heterocycles. The molecule has 1 fully saturated rings. The summed E-state index contributed by atoms with van der Waals surface area (Å²) in [5.41, 5.74) is -0.0529. The zero-order chi connectivity index (χ0) is 12.2. The molecular weight excluding hydrogens is 202 g/mol. The molecule has 0 radical (unpaired) electrons. The molecule has 0 aromatic heterocycles. The van der Waals surface area contributed by atoms with E-state index in [9.17, 15) is 0 Å². The predicted octanol–water partition coefficient (Wildman–Crippen LogP) is 2.35. The molecule has 1 rings (SSSR count). The van der Waals surface area contributed by atoms with Crippen LogP contribution in [0.1, 0.15) is 47.0 Å². The lowest BCUT2D eigenvalue weighted by atomic mass is 9.98. The molecule has 1 aliphatic heterocycles. The van der Waals surface area contributed by atoms with Gasteiger partial charge in [0.25, 0.3) is 0 Å². The van der Waals surface area contributed by atoms with Crippen molar-refractivity contribution in [1.82, 2.24) is 5.32 Å². The quantitative estimate of drug-likeness (QED) is 0.758. The van der Waals surface area contributed by atoms with E-state index in [1.807, 2.05) is 0 Å². The van der Waals surface area contributed by atoms with Crippen molar-refractivity contribution in [2.75, 3.05) is 13.7 Å². The van der Waals surface area contributed by atoms with Crippen molar-refractivity contribution in [3.05, 3.63) is 0 Å². The molecule has 0 aromatic carbocycles. The molecule has 96 valence electrons. The highest BCUT2D eigenvalue weighted by molar-refractivity contribution is 4.82. The zero-order valence-electron chi connectivity index (χ0n) is 11.4. The number of hydrogen-bond acceptors (Lipinski definition) is 3. The number of methoxy groups -OCH3 is 1. The molecule has 3 unspecified atom stereocenters. The lowest BCUT2D eigenvalue weighted by molar-refractivity contribution is 0.00475. The fraction of sp³-hybridized carbons (Fsp3) is 1.00. The van der Waals surface area contributed by atoms with Gasteiger partial charge in [-0.2, -0.15) is 0 Å². The largest absolute Gasteiger partial charge is 0.379 e. The summed E-state index contributed by atoms with van der Waals surface area (Å²) >= 11 is 0. The highest BCUT2D eigenvalue weighted by Gasteiger charge is 2.26. The average molecular weight is 229 g/mol. The Morgan fingerprint density at radius 3 is 2.62 bits per heavy atom. The van der Waals surface area contributed by atoms with Crippen LogP contribution in [0.4, 0.5) is 0 Å². The first-order chi connectivity index (χ1) is 7.44. The molecule has 3 atom stereocenters. The third kappa shape index (κ3) is 4.40. The lowest BCUT2D eigenvalue weighted by Gasteiger charge is -2.30. The smallest absolute Gasteiger partial charge is 0.0726 e. The van der Waals surface area contributed by atoms with Crippen LogP contribution in [-0.4, -0.2) is 37.5 Å². The van der Waals surface area contributed by atoms with Crippen LogP contribution >= 0.6 is 0 Å². The summed E-state index contributed by atoms with van der Waals surface area (Å²) in [6.45, 7) is 9.61. The summed E-state index contributed by atoms with van der Waals surface area (Å²) in [4.78, 5) is 0. The van der Waals surface area contributed by atoms with Gasteiger partial charge in [0.05, 0.1) is 11.7 Å². The minimum absolute atomic E-state index is 0.0529. The van der Waals surface area contributed by atoms with Gasteiger partial charge in [-0.3, -0.25) is 0 Å². The molecule has 1 N–H and O–H groups in total. The number of rotatable bonds is 6. The Balaban J connectivity index is 2.30. The first kappa shape index (κ1) is 13.9. The maximum absolute atomic E-state index is 5.68. The second kappa shape index (κ2) is 5.99. The second-order valence-corrected chi connectivity index (χ2v) is 5.58. The Morgan fingerprint density at radius 2 is 2.12 bits per heavy atom. The van der Waals surface area contributed by atoms with E-state index in [-0.39, 0.29) is 5.60 Å². The Bertz CT molecular complexity index is 200. The maximum atomic E-state index is 5.68.